The van der Waals surface area contributed by atoms with Crippen molar-refractivity contribution in [3.8, 4) is 5.75 Å². The molecule has 2 N–H and O–H groups in total. The molecule has 2 aliphatic rings. The molecule has 3 atom stereocenters. The van der Waals surface area contributed by atoms with Gasteiger partial charge in [-0.05, 0) is 60.7 Å². The van der Waals surface area contributed by atoms with E-state index >= 15 is 0 Å². The lowest BCUT2D eigenvalue weighted by Gasteiger charge is -2.28. The maximum Gasteiger partial charge on any atom is 0.264 e. The molecule has 0 bridgehead atoms. The van der Waals surface area contributed by atoms with Gasteiger partial charge in [-0.25, -0.2) is 0 Å². The van der Waals surface area contributed by atoms with Gasteiger partial charge in [-0.1, -0.05) is 79.6 Å². The third kappa shape index (κ3) is 7.16. The number of carbonyl (C=O) groups is 2. The van der Waals surface area contributed by atoms with Gasteiger partial charge in [0.2, 0.25) is 5.91 Å². The van der Waals surface area contributed by atoms with Crippen LogP contribution in [0.1, 0.15) is 73.8 Å². The normalized spacial score (nSPS) is 19.5. The number of carbonyl (C=O) groups excluding carboxylic acids is 2. The Bertz CT molecular complexity index is 1770. The van der Waals surface area contributed by atoms with Crippen LogP contribution in [0.15, 0.2) is 91.1 Å². The molecule has 2 aliphatic heterocycles. The van der Waals surface area contributed by atoms with Crippen molar-refractivity contribution in [3.63, 3.8) is 0 Å². The summed E-state index contributed by atoms with van der Waals surface area (Å²) < 4.78 is 7.22. The Morgan fingerprint density at radius 3 is 2.53 bits per heavy atom. The van der Waals surface area contributed by atoms with Gasteiger partial charge in [0.1, 0.15) is 5.75 Å². The summed E-state index contributed by atoms with van der Waals surface area (Å²) in [6, 6.07) is 22.9. The SMILES string of the molecule is COc1ccc2c(c1)[C@](O)([C@@H](C)/C=C/CCn1cc(C(CO)c3ccccc3)nn1)C(=O)N2Cc1ccc(N2CCCCCCC2=O)cc1. The molecule has 256 valence electrons. The summed E-state index contributed by atoms with van der Waals surface area (Å²) in [4.78, 5) is 30.4. The number of benzene rings is 3. The van der Waals surface area contributed by atoms with Crippen molar-refractivity contribution in [2.24, 2.45) is 5.92 Å². The van der Waals surface area contributed by atoms with Crippen molar-refractivity contribution in [1.82, 2.24) is 15.0 Å². The van der Waals surface area contributed by atoms with Gasteiger partial charge in [-0.3, -0.25) is 14.3 Å². The first-order chi connectivity index (χ1) is 23.8. The number of anilines is 2. The topological polar surface area (TPSA) is 121 Å². The van der Waals surface area contributed by atoms with E-state index in [9.17, 15) is 19.8 Å². The van der Waals surface area contributed by atoms with Crippen LogP contribution in [-0.2, 0) is 28.3 Å². The zero-order chi connectivity index (χ0) is 34.4. The zero-order valence-electron chi connectivity index (χ0n) is 28.2. The van der Waals surface area contributed by atoms with E-state index in [0.29, 0.717) is 42.1 Å². The minimum atomic E-state index is -1.79. The van der Waals surface area contributed by atoms with Crippen molar-refractivity contribution in [2.45, 2.75) is 70.1 Å². The maximum absolute atomic E-state index is 14.1. The third-order valence-corrected chi connectivity index (χ3v) is 9.79. The van der Waals surface area contributed by atoms with E-state index in [-0.39, 0.29) is 25.0 Å². The number of aromatic nitrogens is 3. The Balaban J connectivity index is 1.15. The standard InChI is InChI=1S/C39H45N5O5/c1-28(12-9-11-22-42-26-35(40-41-42)33(27-45)30-13-6-5-7-14-30)39(48)34-24-32(49-2)20-21-36(34)44(38(39)47)25-29-16-18-31(19-17-29)43-23-10-4-3-8-15-37(43)46/h5-7,9,12-14,16-21,24,26,28,33,45,48H,3-4,8,10-11,15,22-23,25,27H2,1-2H3/b12-9+/t28-,33?,39+/m0/s1. The van der Waals surface area contributed by atoms with Crippen LogP contribution in [0.5, 0.6) is 5.75 Å². The van der Waals surface area contributed by atoms with Gasteiger partial charge in [-0.2, -0.15) is 0 Å². The number of fused-ring (bicyclic) bond motifs is 1. The first kappa shape index (κ1) is 34.1. The summed E-state index contributed by atoms with van der Waals surface area (Å²) >= 11 is 0. The second-order valence-electron chi connectivity index (χ2n) is 13.0. The average Bonchev–Trinajstić information content (AvgIpc) is 3.67. The van der Waals surface area contributed by atoms with Crippen molar-refractivity contribution in [1.29, 1.82) is 0 Å². The van der Waals surface area contributed by atoms with E-state index in [4.69, 9.17) is 4.74 Å². The van der Waals surface area contributed by atoms with E-state index in [1.807, 2.05) is 90.8 Å². The Morgan fingerprint density at radius 1 is 1.00 bits per heavy atom. The number of aliphatic hydroxyl groups is 2. The number of nitrogens with zero attached hydrogens (tertiary/aromatic N) is 5. The molecule has 0 saturated carbocycles. The molecule has 0 aliphatic carbocycles. The van der Waals surface area contributed by atoms with Crippen molar-refractivity contribution in [3.05, 3.63) is 114 Å². The molecular weight excluding hydrogens is 618 g/mol. The highest BCUT2D eigenvalue weighted by Crippen LogP contribution is 2.47. The molecule has 2 amide bonds. The van der Waals surface area contributed by atoms with Crippen LogP contribution >= 0.6 is 0 Å². The zero-order valence-corrected chi connectivity index (χ0v) is 28.2. The number of amides is 2. The Hall–Kier alpha value is -4.80. The second kappa shape index (κ2) is 15.2. The molecular formula is C39H45N5O5. The highest BCUT2D eigenvalue weighted by Gasteiger charge is 2.52. The molecule has 1 fully saturated rings. The fraction of sp³-hybridized carbons (Fsp3) is 0.385. The average molecular weight is 664 g/mol. The molecule has 0 radical (unpaired) electrons. The van der Waals surface area contributed by atoms with Crippen LogP contribution in [0.25, 0.3) is 0 Å². The Labute approximate surface area is 287 Å². The molecule has 10 nitrogen and oxygen atoms in total. The summed E-state index contributed by atoms with van der Waals surface area (Å²) in [6.07, 6.45) is 11.0. The molecule has 3 heterocycles. The van der Waals surface area contributed by atoms with Crippen LogP contribution in [-0.4, -0.2) is 57.3 Å². The van der Waals surface area contributed by atoms with Crippen LogP contribution in [0.3, 0.4) is 0 Å². The minimum absolute atomic E-state index is 0.0685. The van der Waals surface area contributed by atoms with Crippen LogP contribution in [0.2, 0.25) is 0 Å². The van der Waals surface area contributed by atoms with Crippen LogP contribution in [0, 0.1) is 5.92 Å². The van der Waals surface area contributed by atoms with Crippen molar-refractivity contribution in [2.75, 3.05) is 30.1 Å². The summed E-state index contributed by atoms with van der Waals surface area (Å²) in [7, 11) is 1.56. The number of allylic oxidation sites excluding steroid dienone is 1. The lowest BCUT2D eigenvalue weighted by atomic mass is 9.83. The van der Waals surface area contributed by atoms with Gasteiger partial charge in [-0.15, -0.1) is 5.10 Å². The van der Waals surface area contributed by atoms with Gasteiger partial charge in [0.25, 0.3) is 5.91 Å². The quantitative estimate of drug-likeness (QED) is 0.186. The van der Waals surface area contributed by atoms with Crippen LogP contribution < -0.4 is 14.5 Å². The Morgan fingerprint density at radius 2 is 1.78 bits per heavy atom. The van der Waals surface area contributed by atoms with E-state index < -0.39 is 17.4 Å². The predicted octanol–water partition coefficient (Wildman–Crippen LogP) is 5.73. The highest BCUT2D eigenvalue weighted by atomic mass is 16.5. The predicted molar refractivity (Wildman–Crippen MR) is 188 cm³/mol. The summed E-state index contributed by atoms with van der Waals surface area (Å²) in [6.45, 7) is 3.31. The van der Waals surface area contributed by atoms with Gasteiger partial charge in [0.15, 0.2) is 5.60 Å². The van der Waals surface area contributed by atoms with Gasteiger partial charge >= 0.3 is 0 Å². The number of methoxy groups -OCH3 is 1. The van der Waals surface area contributed by atoms with Gasteiger partial charge in [0.05, 0.1) is 37.6 Å². The molecule has 4 aromatic rings. The van der Waals surface area contributed by atoms with E-state index in [1.54, 1.807) is 28.8 Å². The molecule has 1 saturated heterocycles. The molecule has 6 rings (SSSR count). The smallest absolute Gasteiger partial charge is 0.264 e. The fourth-order valence-corrected chi connectivity index (χ4v) is 6.89. The van der Waals surface area contributed by atoms with Crippen molar-refractivity contribution >= 4 is 23.2 Å². The molecule has 1 unspecified atom stereocenters. The number of hydrogen-bond acceptors (Lipinski definition) is 7. The number of aryl methyl sites for hydroxylation is 1. The number of rotatable bonds is 12. The minimum Gasteiger partial charge on any atom is -0.497 e. The molecule has 1 aromatic heterocycles. The van der Waals surface area contributed by atoms with Gasteiger partial charge in [0, 0.05) is 42.9 Å². The maximum atomic E-state index is 14.1. The Kier molecular flexibility index (Phi) is 10.6. The summed E-state index contributed by atoms with van der Waals surface area (Å²) in [5, 5.41) is 30.7. The molecule has 3 aromatic carbocycles. The van der Waals surface area contributed by atoms with E-state index in [2.05, 4.69) is 10.3 Å². The molecule has 49 heavy (non-hydrogen) atoms. The van der Waals surface area contributed by atoms with Crippen LogP contribution in [0.4, 0.5) is 11.4 Å². The first-order valence-electron chi connectivity index (χ1n) is 17.2. The number of aliphatic hydroxyl groups excluding tert-OH is 1. The lowest BCUT2D eigenvalue weighted by molar-refractivity contribution is -0.139. The van der Waals surface area contributed by atoms with Crippen molar-refractivity contribution < 1.29 is 24.5 Å². The molecule has 0 spiro atoms. The number of hydrogen-bond donors (Lipinski definition) is 2. The summed E-state index contributed by atoms with van der Waals surface area (Å²) in [5.74, 6) is -0.475. The molecule has 10 heteroatoms. The fourth-order valence-electron chi connectivity index (χ4n) is 6.89. The highest BCUT2D eigenvalue weighted by molar-refractivity contribution is 6.07. The summed E-state index contributed by atoms with van der Waals surface area (Å²) in [5.41, 5.74) is 2.80. The number of ether oxygens (including phenoxy) is 1. The van der Waals surface area contributed by atoms with E-state index in [0.717, 1.165) is 49.0 Å². The monoisotopic (exact) mass is 663 g/mol. The largest absolute Gasteiger partial charge is 0.497 e. The lowest BCUT2D eigenvalue weighted by Crippen LogP contribution is -2.44. The third-order valence-electron chi connectivity index (χ3n) is 9.79. The second-order valence-corrected chi connectivity index (χ2v) is 13.0. The van der Waals surface area contributed by atoms with E-state index in [1.165, 1.54) is 0 Å². The first-order valence-corrected chi connectivity index (χ1v) is 17.2. The van der Waals surface area contributed by atoms with Gasteiger partial charge < -0.3 is 24.7 Å².